The second-order valence-corrected chi connectivity index (χ2v) is 6.16. The summed E-state index contributed by atoms with van der Waals surface area (Å²) in [5.74, 6) is 0. The number of nitrogens with one attached hydrogen (secondary N) is 1. The van der Waals surface area contributed by atoms with Crippen molar-refractivity contribution in [3.63, 3.8) is 0 Å². The van der Waals surface area contributed by atoms with Crippen LogP contribution in [0.4, 0.5) is 0 Å². The van der Waals surface area contributed by atoms with Crippen molar-refractivity contribution in [2.24, 2.45) is 5.41 Å². The molecule has 112 valence electrons. The van der Waals surface area contributed by atoms with Gasteiger partial charge in [-0.3, -0.25) is 0 Å². The van der Waals surface area contributed by atoms with Crippen LogP contribution >= 0.6 is 0 Å². The highest BCUT2D eigenvalue weighted by atomic mass is 16.3. The Bertz CT molecular complexity index is 614. The zero-order valence-electron chi connectivity index (χ0n) is 12.8. The van der Waals surface area contributed by atoms with E-state index in [0.29, 0.717) is 6.61 Å². The summed E-state index contributed by atoms with van der Waals surface area (Å²) >= 11 is 0. The normalized spacial score (nSPS) is 16.1. The number of rotatable bonds is 6. The highest BCUT2D eigenvalue weighted by Gasteiger charge is 2.41. The maximum atomic E-state index is 9.36. The number of aryl methyl sites for hydroxylation is 1. The van der Waals surface area contributed by atoms with Gasteiger partial charge in [0.2, 0.25) is 0 Å². The van der Waals surface area contributed by atoms with Gasteiger partial charge in [0.05, 0.1) is 11.4 Å². The second kappa shape index (κ2) is 5.62. The third-order valence-electron chi connectivity index (χ3n) is 4.54. The first-order valence-corrected chi connectivity index (χ1v) is 7.57. The molecule has 0 radical (unpaired) electrons. The van der Waals surface area contributed by atoms with Gasteiger partial charge in [-0.2, -0.15) is 5.10 Å². The Balaban J connectivity index is 1.73. The largest absolute Gasteiger partial charge is 0.396 e. The zero-order chi connectivity index (χ0) is 14.9. The molecule has 1 aromatic heterocycles. The van der Waals surface area contributed by atoms with Gasteiger partial charge in [0.15, 0.2) is 0 Å². The van der Waals surface area contributed by atoms with Gasteiger partial charge in [0, 0.05) is 36.4 Å². The zero-order valence-corrected chi connectivity index (χ0v) is 12.8. The molecular weight excluding hydrogens is 262 g/mol. The summed E-state index contributed by atoms with van der Waals surface area (Å²) < 4.78 is 2.01. The van der Waals surface area contributed by atoms with Crippen molar-refractivity contribution >= 4 is 0 Å². The summed E-state index contributed by atoms with van der Waals surface area (Å²) in [5.41, 5.74) is 4.75. The molecule has 3 rings (SSSR count). The number of aliphatic hydroxyl groups is 1. The molecule has 0 saturated heterocycles. The Morgan fingerprint density at radius 2 is 1.95 bits per heavy atom. The van der Waals surface area contributed by atoms with Crippen molar-refractivity contribution in [2.45, 2.75) is 33.2 Å². The van der Waals surface area contributed by atoms with Crippen LogP contribution in [0.2, 0.25) is 0 Å². The van der Waals surface area contributed by atoms with Crippen LogP contribution in [-0.4, -0.2) is 28.0 Å². The fraction of sp³-hybridized carbons (Fsp3) is 0.471. The van der Waals surface area contributed by atoms with Gasteiger partial charge < -0.3 is 10.4 Å². The summed E-state index contributed by atoms with van der Waals surface area (Å²) in [6.07, 6.45) is 2.27. The van der Waals surface area contributed by atoms with E-state index in [1.165, 1.54) is 11.3 Å². The van der Waals surface area contributed by atoms with Crippen LogP contribution in [0.15, 0.2) is 30.3 Å². The number of para-hydroxylation sites is 1. The second-order valence-electron chi connectivity index (χ2n) is 6.16. The van der Waals surface area contributed by atoms with Crippen molar-refractivity contribution in [3.8, 4) is 5.69 Å². The number of aromatic nitrogens is 2. The fourth-order valence-electron chi connectivity index (χ4n) is 2.77. The molecule has 4 nitrogen and oxygen atoms in total. The van der Waals surface area contributed by atoms with Gasteiger partial charge in [0.25, 0.3) is 0 Å². The molecule has 1 aliphatic rings. The maximum Gasteiger partial charge on any atom is 0.0648 e. The van der Waals surface area contributed by atoms with E-state index in [4.69, 9.17) is 0 Å². The van der Waals surface area contributed by atoms with Crippen molar-refractivity contribution in [3.05, 3.63) is 47.3 Å². The summed E-state index contributed by atoms with van der Waals surface area (Å²) in [6.45, 7) is 6.16. The molecule has 1 saturated carbocycles. The highest BCUT2D eigenvalue weighted by Crippen LogP contribution is 2.44. The number of hydrogen-bond acceptors (Lipinski definition) is 3. The predicted octanol–water partition coefficient (Wildman–Crippen LogP) is 2.35. The molecule has 0 amide bonds. The van der Waals surface area contributed by atoms with E-state index in [9.17, 15) is 5.11 Å². The van der Waals surface area contributed by atoms with Gasteiger partial charge in [-0.05, 0) is 38.8 Å². The van der Waals surface area contributed by atoms with E-state index in [0.717, 1.165) is 37.3 Å². The van der Waals surface area contributed by atoms with Gasteiger partial charge in [-0.15, -0.1) is 0 Å². The highest BCUT2D eigenvalue weighted by molar-refractivity contribution is 5.36. The summed E-state index contributed by atoms with van der Waals surface area (Å²) in [4.78, 5) is 0. The van der Waals surface area contributed by atoms with Crippen LogP contribution in [0, 0.1) is 19.3 Å². The van der Waals surface area contributed by atoms with E-state index < -0.39 is 0 Å². The number of benzene rings is 1. The number of nitrogens with zero attached hydrogens (tertiary/aromatic N) is 2. The Hall–Kier alpha value is -1.65. The van der Waals surface area contributed by atoms with E-state index in [1.807, 2.05) is 22.9 Å². The topological polar surface area (TPSA) is 50.1 Å². The summed E-state index contributed by atoms with van der Waals surface area (Å²) in [6, 6.07) is 10.2. The van der Waals surface area contributed by atoms with Crippen molar-refractivity contribution in [2.75, 3.05) is 13.2 Å². The van der Waals surface area contributed by atoms with Crippen LogP contribution in [0.5, 0.6) is 0 Å². The van der Waals surface area contributed by atoms with Crippen LogP contribution in [0.3, 0.4) is 0 Å². The summed E-state index contributed by atoms with van der Waals surface area (Å²) in [7, 11) is 0. The Morgan fingerprint density at radius 1 is 1.24 bits per heavy atom. The monoisotopic (exact) mass is 285 g/mol. The molecule has 1 heterocycles. The van der Waals surface area contributed by atoms with Gasteiger partial charge in [-0.25, -0.2) is 4.68 Å². The minimum Gasteiger partial charge on any atom is -0.396 e. The molecule has 1 aliphatic carbocycles. The van der Waals surface area contributed by atoms with Gasteiger partial charge >= 0.3 is 0 Å². The Morgan fingerprint density at radius 3 is 2.57 bits per heavy atom. The molecule has 21 heavy (non-hydrogen) atoms. The van der Waals surface area contributed by atoms with Crippen molar-refractivity contribution in [1.29, 1.82) is 0 Å². The first-order valence-electron chi connectivity index (χ1n) is 7.57. The predicted molar refractivity (Wildman–Crippen MR) is 83.5 cm³/mol. The van der Waals surface area contributed by atoms with Gasteiger partial charge in [0.1, 0.15) is 0 Å². The van der Waals surface area contributed by atoms with E-state index >= 15 is 0 Å². The lowest BCUT2D eigenvalue weighted by molar-refractivity contribution is 0.207. The molecular formula is C17H23N3O. The fourth-order valence-corrected chi connectivity index (χ4v) is 2.77. The van der Waals surface area contributed by atoms with Crippen LogP contribution in [0.1, 0.15) is 29.8 Å². The molecule has 0 unspecified atom stereocenters. The molecule has 0 aliphatic heterocycles. The number of hydrogen-bond donors (Lipinski definition) is 2. The van der Waals surface area contributed by atoms with Crippen molar-refractivity contribution in [1.82, 2.24) is 15.1 Å². The smallest absolute Gasteiger partial charge is 0.0648 e. The molecule has 2 N–H and O–H groups in total. The van der Waals surface area contributed by atoms with E-state index in [-0.39, 0.29) is 5.41 Å². The molecule has 1 fully saturated rings. The average Bonchev–Trinajstić information content (AvgIpc) is 3.24. The van der Waals surface area contributed by atoms with Gasteiger partial charge in [-0.1, -0.05) is 18.2 Å². The quantitative estimate of drug-likeness (QED) is 0.856. The first kappa shape index (κ1) is 14.3. The summed E-state index contributed by atoms with van der Waals surface area (Å²) in [5, 5.41) is 17.5. The van der Waals surface area contributed by atoms with Crippen LogP contribution in [-0.2, 0) is 6.54 Å². The Labute approximate surface area is 125 Å². The third-order valence-corrected chi connectivity index (χ3v) is 4.54. The molecule has 0 spiro atoms. The van der Waals surface area contributed by atoms with Crippen molar-refractivity contribution < 1.29 is 5.11 Å². The average molecular weight is 285 g/mol. The molecule has 2 aromatic rings. The standard InChI is InChI=1S/C17H23N3O/c1-13-16(10-18-11-17(12-21)8-9-17)14(2)20(19-13)15-6-4-3-5-7-15/h3-7,18,21H,8-12H2,1-2H3. The minimum atomic E-state index is 0.150. The van der Waals surface area contributed by atoms with E-state index in [1.54, 1.807) is 0 Å². The maximum absolute atomic E-state index is 9.36. The van der Waals surface area contributed by atoms with Crippen LogP contribution in [0.25, 0.3) is 5.69 Å². The lowest BCUT2D eigenvalue weighted by Crippen LogP contribution is -2.26. The van der Waals surface area contributed by atoms with E-state index in [2.05, 4.69) is 36.4 Å². The molecule has 1 aromatic carbocycles. The molecule has 0 bridgehead atoms. The molecule has 0 atom stereocenters. The Kier molecular flexibility index (Phi) is 3.83. The number of aliphatic hydroxyl groups excluding tert-OH is 1. The SMILES string of the molecule is Cc1nn(-c2ccccc2)c(C)c1CNCC1(CO)CC1. The minimum absolute atomic E-state index is 0.150. The van der Waals surface area contributed by atoms with Crippen LogP contribution < -0.4 is 5.32 Å². The lowest BCUT2D eigenvalue weighted by atomic mass is 10.1. The first-order chi connectivity index (χ1) is 10.2. The third kappa shape index (κ3) is 2.87. The lowest BCUT2D eigenvalue weighted by Gasteiger charge is -2.13. The molecule has 4 heteroatoms.